The van der Waals surface area contributed by atoms with Crippen LogP contribution < -0.4 is 31.1 Å². The minimum absolute atomic E-state index is 0.0882. The number of piperidine rings is 3. The minimum Gasteiger partial charge on any atom is -0.478 e. The summed E-state index contributed by atoms with van der Waals surface area (Å²) in [7, 11) is 1.51. The van der Waals surface area contributed by atoms with Gasteiger partial charge in [0.15, 0.2) is 18.2 Å². The van der Waals surface area contributed by atoms with Gasteiger partial charge in [-0.05, 0) is 107 Å². The molecule has 9 rings (SSSR count). The molecule has 0 radical (unpaired) electrons. The molecule has 6 heterocycles. The number of hydrogen-bond acceptors (Lipinski definition) is 13. The van der Waals surface area contributed by atoms with E-state index in [-0.39, 0.29) is 54.8 Å². The van der Waals surface area contributed by atoms with Gasteiger partial charge in [-0.3, -0.25) is 39.0 Å². The Labute approximate surface area is 368 Å². The molecule has 330 valence electrons. The fraction of sp³-hybridized carbons (Fsp3) is 0.467. The van der Waals surface area contributed by atoms with E-state index < -0.39 is 29.7 Å². The van der Waals surface area contributed by atoms with Crippen LogP contribution in [0.2, 0.25) is 5.02 Å². The Balaban J connectivity index is 0.752. The van der Waals surface area contributed by atoms with Gasteiger partial charge in [0.2, 0.25) is 17.8 Å². The average molecular weight is 880 g/mol. The largest absolute Gasteiger partial charge is 0.478 e. The van der Waals surface area contributed by atoms with Crippen LogP contribution in [-0.4, -0.2) is 118 Å². The Bertz CT molecular complexity index is 2550. The summed E-state index contributed by atoms with van der Waals surface area (Å²) in [4.78, 5) is 91.2. The highest BCUT2D eigenvalue weighted by Crippen LogP contribution is 2.40. The summed E-state index contributed by atoms with van der Waals surface area (Å²) in [5.41, 5.74) is 2.74. The second-order valence-corrected chi connectivity index (χ2v) is 17.3. The standard InChI is InChI=1S/C45H50ClN9O8/c1-3-54-34-8-7-27(19-26(34)20-36(43(54)60)62-24-38(57)47-2)49-40-33(46)23-48-45(51-40)53-17-13-29(14-18-53)63-30-21-28(22-30)52-15-11-25(12-16-52)31-5-4-6-32-39(31)44(61)55(42(32)59)35-9-10-37(56)50-41(35)58/h4-8,19-20,23,25,28-30,35H,3,9-18,21-22,24H2,1-2H3,(H,47,57)(H,48,49,51)(H,50,56,58)/t28-,30-,35?. The molecule has 3 N–H and O–H groups in total. The number of rotatable bonds is 12. The van der Waals surface area contributed by atoms with Crippen molar-refractivity contribution in [1.29, 1.82) is 0 Å². The fourth-order valence-corrected chi connectivity index (χ4v) is 9.81. The van der Waals surface area contributed by atoms with Gasteiger partial charge in [-0.2, -0.15) is 4.98 Å². The molecule has 5 amide bonds. The first-order valence-electron chi connectivity index (χ1n) is 21.8. The zero-order valence-corrected chi connectivity index (χ0v) is 36.0. The van der Waals surface area contributed by atoms with E-state index in [1.807, 2.05) is 37.3 Å². The van der Waals surface area contributed by atoms with Gasteiger partial charge >= 0.3 is 0 Å². The third-order valence-electron chi connectivity index (χ3n) is 13.2. The lowest BCUT2D eigenvalue weighted by Crippen LogP contribution is -2.54. The van der Waals surface area contributed by atoms with Gasteiger partial charge in [0.1, 0.15) is 11.1 Å². The monoisotopic (exact) mass is 879 g/mol. The summed E-state index contributed by atoms with van der Waals surface area (Å²) in [6, 6.07) is 12.1. The molecular formula is C45H50ClN9O8. The van der Waals surface area contributed by atoms with Crippen molar-refractivity contribution in [3.05, 3.63) is 80.7 Å². The van der Waals surface area contributed by atoms with Gasteiger partial charge in [-0.25, -0.2) is 4.98 Å². The van der Waals surface area contributed by atoms with Crippen molar-refractivity contribution in [2.75, 3.05) is 50.1 Å². The van der Waals surface area contributed by atoms with Crippen LogP contribution in [0.4, 0.5) is 17.5 Å². The quantitative estimate of drug-likeness (QED) is 0.172. The van der Waals surface area contributed by atoms with Crippen molar-refractivity contribution in [2.45, 2.75) is 95.0 Å². The van der Waals surface area contributed by atoms with Crippen molar-refractivity contribution < 1.29 is 33.4 Å². The van der Waals surface area contributed by atoms with E-state index in [0.717, 1.165) is 86.1 Å². The van der Waals surface area contributed by atoms with Crippen LogP contribution in [0.25, 0.3) is 10.9 Å². The molecular weight excluding hydrogens is 830 g/mol. The van der Waals surface area contributed by atoms with Crippen LogP contribution in [0.1, 0.15) is 90.5 Å². The number of likely N-dealkylation sites (tertiary alicyclic amines) is 1. The molecule has 18 heteroatoms. The fourth-order valence-electron chi connectivity index (χ4n) is 9.67. The van der Waals surface area contributed by atoms with E-state index in [2.05, 4.69) is 30.7 Å². The number of halogens is 1. The maximum Gasteiger partial charge on any atom is 0.293 e. The number of carbonyl (C=O) groups excluding carboxylic acids is 5. The lowest BCUT2D eigenvalue weighted by atomic mass is 9.82. The molecule has 17 nitrogen and oxygen atoms in total. The van der Waals surface area contributed by atoms with E-state index in [0.29, 0.717) is 46.2 Å². The number of benzene rings is 2. The van der Waals surface area contributed by atoms with Gasteiger partial charge < -0.3 is 34.5 Å². The van der Waals surface area contributed by atoms with E-state index in [4.69, 9.17) is 26.1 Å². The van der Waals surface area contributed by atoms with E-state index in [1.54, 1.807) is 22.9 Å². The summed E-state index contributed by atoms with van der Waals surface area (Å²) < 4.78 is 13.8. The lowest BCUT2D eigenvalue weighted by molar-refractivity contribution is -0.136. The molecule has 1 atom stereocenters. The van der Waals surface area contributed by atoms with Crippen LogP contribution in [0.15, 0.2) is 53.5 Å². The number of imide groups is 2. The van der Waals surface area contributed by atoms with E-state index >= 15 is 0 Å². The summed E-state index contributed by atoms with van der Waals surface area (Å²) in [5, 5.41) is 9.19. The van der Waals surface area contributed by atoms with Gasteiger partial charge in [0, 0.05) is 50.2 Å². The second kappa shape index (κ2) is 17.7. The number of pyridine rings is 1. The Morgan fingerprint density at radius 1 is 0.937 bits per heavy atom. The summed E-state index contributed by atoms with van der Waals surface area (Å²) in [6.45, 7) is 5.29. The predicted molar refractivity (Wildman–Crippen MR) is 234 cm³/mol. The molecule has 4 aliphatic heterocycles. The van der Waals surface area contributed by atoms with Crippen molar-refractivity contribution >= 4 is 69.5 Å². The number of amides is 5. The third kappa shape index (κ3) is 8.36. The number of aryl methyl sites for hydroxylation is 1. The van der Waals surface area contributed by atoms with Crippen LogP contribution in [0.3, 0.4) is 0 Å². The Kier molecular flexibility index (Phi) is 11.9. The normalized spacial score (nSPS) is 22.2. The maximum atomic E-state index is 13.7. The molecule has 1 saturated carbocycles. The number of fused-ring (bicyclic) bond motifs is 2. The van der Waals surface area contributed by atoms with Crippen LogP contribution in [0.5, 0.6) is 5.75 Å². The number of nitrogens with one attached hydrogen (secondary N) is 3. The number of anilines is 3. The Morgan fingerprint density at radius 3 is 2.44 bits per heavy atom. The van der Waals surface area contributed by atoms with Gasteiger partial charge in [0.25, 0.3) is 23.3 Å². The number of nitrogens with zero attached hydrogens (tertiary/aromatic N) is 6. The van der Waals surface area contributed by atoms with Crippen LogP contribution >= 0.6 is 11.6 Å². The number of ether oxygens (including phenoxy) is 2. The highest BCUT2D eigenvalue weighted by atomic mass is 35.5. The number of hydrogen-bond donors (Lipinski definition) is 3. The number of likely N-dealkylation sites (N-methyl/N-ethyl adjacent to an activating group) is 1. The molecule has 2 aromatic carbocycles. The molecule has 3 saturated heterocycles. The van der Waals surface area contributed by atoms with E-state index in [1.165, 1.54) is 7.05 Å². The molecule has 0 spiro atoms. The van der Waals surface area contributed by atoms with Crippen molar-refractivity contribution in [3.8, 4) is 5.75 Å². The highest BCUT2D eigenvalue weighted by Gasteiger charge is 2.46. The predicted octanol–water partition coefficient (Wildman–Crippen LogP) is 4.13. The molecule has 0 bridgehead atoms. The van der Waals surface area contributed by atoms with Crippen molar-refractivity contribution in [2.24, 2.45) is 0 Å². The Morgan fingerprint density at radius 2 is 1.71 bits per heavy atom. The maximum absolute atomic E-state index is 13.7. The van der Waals surface area contributed by atoms with E-state index in [9.17, 15) is 28.8 Å². The van der Waals surface area contributed by atoms with Gasteiger partial charge in [-0.15, -0.1) is 0 Å². The Hall–Kier alpha value is -5.91. The highest BCUT2D eigenvalue weighted by molar-refractivity contribution is 6.33. The topological polar surface area (TPSA) is 197 Å². The average Bonchev–Trinajstić information content (AvgIpc) is 3.53. The first-order valence-corrected chi connectivity index (χ1v) is 22.2. The molecule has 63 heavy (non-hydrogen) atoms. The van der Waals surface area contributed by atoms with Crippen LogP contribution in [0, 0.1) is 0 Å². The summed E-state index contributed by atoms with van der Waals surface area (Å²) in [5.74, 6) is -0.999. The summed E-state index contributed by atoms with van der Waals surface area (Å²) in [6.07, 6.45) is 7.55. The van der Waals surface area contributed by atoms with Gasteiger partial charge in [-0.1, -0.05) is 23.7 Å². The zero-order chi connectivity index (χ0) is 43.9. The smallest absolute Gasteiger partial charge is 0.293 e. The molecule has 4 aromatic rings. The molecule has 4 fully saturated rings. The molecule has 1 unspecified atom stereocenters. The molecule has 1 aliphatic carbocycles. The lowest BCUT2D eigenvalue weighted by Gasteiger charge is -2.47. The number of aromatic nitrogens is 3. The molecule has 2 aromatic heterocycles. The van der Waals surface area contributed by atoms with Crippen molar-refractivity contribution in [1.82, 2.24) is 35.0 Å². The summed E-state index contributed by atoms with van der Waals surface area (Å²) >= 11 is 6.58. The minimum atomic E-state index is -0.976. The van der Waals surface area contributed by atoms with Crippen LogP contribution in [-0.2, 0) is 25.7 Å². The third-order valence-corrected chi connectivity index (χ3v) is 13.5. The van der Waals surface area contributed by atoms with Crippen molar-refractivity contribution in [3.63, 3.8) is 0 Å². The zero-order valence-electron chi connectivity index (χ0n) is 35.2. The van der Waals surface area contributed by atoms with Gasteiger partial charge in [0.05, 0.1) is 35.0 Å². The first kappa shape index (κ1) is 42.4. The second-order valence-electron chi connectivity index (χ2n) is 16.9. The first-order chi connectivity index (χ1) is 30.5. The SMILES string of the molecule is CCn1c(=O)c(OCC(=O)NC)cc2cc(Nc3nc(N4CCC(O[C@H]5C[C@H](N6CCC(c7cccc8c7C(=O)N(C7CCC(=O)NC7=O)C8=O)CC6)C5)CC4)ncc3Cl)ccc21. The number of carbonyl (C=O) groups is 5. The molecule has 5 aliphatic rings.